The molecule has 0 aliphatic heterocycles. The smallest absolute Gasteiger partial charge is 0.161 e. The Hall–Kier alpha value is -2.56. The fraction of sp³-hybridized carbons (Fsp3) is 0.500. The highest BCUT2D eigenvalue weighted by Crippen LogP contribution is 2.24. The van der Waals surface area contributed by atoms with Gasteiger partial charge in [0.2, 0.25) is 0 Å². The maximum absolute atomic E-state index is 9.57. The number of hydrogen-bond acceptors (Lipinski definition) is 9. The summed E-state index contributed by atoms with van der Waals surface area (Å²) in [6, 6.07) is 13.6. The summed E-state index contributed by atoms with van der Waals surface area (Å²) in [5.41, 5.74) is 0. The van der Waals surface area contributed by atoms with Gasteiger partial charge in [0.25, 0.3) is 0 Å². The van der Waals surface area contributed by atoms with Crippen LogP contribution < -0.4 is 9.47 Å². The molecular formula is C24H34O9. The Balaban J connectivity index is 1.25. The summed E-state index contributed by atoms with van der Waals surface area (Å²) < 4.78 is 37.9. The number of phenolic OH excluding ortho intramolecular Hbond substituents is 2. The van der Waals surface area contributed by atoms with Crippen molar-refractivity contribution in [3.63, 3.8) is 0 Å². The number of rotatable bonds is 20. The molecule has 2 aromatic carbocycles. The van der Waals surface area contributed by atoms with E-state index in [4.69, 9.17) is 33.2 Å². The molecule has 184 valence electrons. The second-order valence-corrected chi connectivity index (χ2v) is 6.69. The molecule has 2 rings (SSSR count). The van der Waals surface area contributed by atoms with Gasteiger partial charge in [0.05, 0.1) is 66.1 Å². The Morgan fingerprint density at radius 1 is 0.394 bits per heavy atom. The van der Waals surface area contributed by atoms with Crippen LogP contribution in [0.1, 0.15) is 0 Å². The van der Waals surface area contributed by atoms with Crippen LogP contribution in [0.2, 0.25) is 0 Å². The average molecular weight is 467 g/mol. The normalized spacial score (nSPS) is 10.9. The Morgan fingerprint density at radius 2 is 0.667 bits per heavy atom. The first-order chi connectivity index (χ1) is 16.3. The highest BCUT2D eigenvalue weighted by Gasteiger charge is 2.01. The lowest BCUT2D eigenvalue weighted by Gasteiger charge is -2.09. The van der Waals surface area contributed by atoms with Crippen molar-refractivity contribution in [2.24, 2.45) is 0 Å². The summed E-state index contributed by atoms with van der Waals surface area (Å²) in [5, 5.41) is 19.1. The molecule has 2 aromatic rings. The number of ether oxygens (including phenoxy) is 7. The molecule has 2 N–H and O–H groups in total. The molecule has 9 heteroatoms. The highest BCUT2D eigenvalue weighted by atomic mass is 16.6. The second kappa shape index (κ2) is 17.9. The minimum atomic E-state index is 0.117. The number of benzene rings is 2. The standard InChI is InChI=1S/C24H34O9/c25-21-5-1-3-7-23(21)32-19-17-30-15-13-28-11-9-27-10-12-29-14-16-31-18-20-33-24-8-4-2-6-22(24)26/h1-8,25-26H,9-20H2. The molecule has 0 aliphatic carbocycles. The molecule has 33 heavy (non-hydrogen) atoms. The fourth-order valence-corrected chi connectivity index (χ4v) is 2.56. The van der Waals surface area contributed by atoms with Gasteiger partial charge in [-0.1, -0.05) is 24.3 Å². The summed E-state index contributed by atoms with van der Waals surface area (Å²) in [5.74, 6) is 1.13. The van der Waals surface area contributed by atoms with Crippen molar-refractivity contribution < 1.29 is 43.4 Å². The number of phenols is 2. The van der Waals surface area contributed by atoms with Gasteiger partial charge in [0.1, 0.15) is 13.2 Å². The molecule has 0 spiro atoms. The topological polar surface area (TPSA) is 105 Å². The molecule has 0 saturated heterocycles. The van der Waals surface area contributed by atoms with Gasteiger partial charge in [-0.25, -0.2) is 0 Å². The van der Waals surface area contributed by atoms with Gasteiger partial charge in [0, 0.05) is 0 Å². The summed E-state index contributed by atoms with van der Waals surface area (Å²) in [6.45, 7) is 5.36. The summed E-state index contributed by atoms with van der Waals surface area (Å²) in [4.78, 5) is 0. The maximum atomic E-state index is 9.57. The van der Waals surface area contributed by atoms with Gasteiger partial charge < -0.3 is 43.4 Å². The first-order valence-electron chi connectivity index (χ1n) is 11.0. The number of hydrogen-bond donors (Lipinski definition) is 2. The quantitative estimate of drug-likeness (QED) is 0.285. The lowest BCUT2D eigenvalue weighted by molar-refractivity contribution is -0.0142. The van der Waals surface area contributed by atoms with E-state index in [0.29, 0.717) is 90.8 Å². The van der Waals surface area contributed by atoms with Crippen molar-refractivity contribution in [3.05, 3.63) is 48.5 Å². The SMILES string of the molecule is Oc1ccccc1OCCOCCOCCOCCOCCOCCOc1ccccc1O. The third kappa shape index (κ3) is 12.9. The van der Waals surface area contributed by atoms with Crippen molar-refractivity contribution in [1.82, 2.24) is 0 Å². The molecule has 0 radical (unpaired) electrons. The van der Waals surface area contributed by atoms with E-state index in [0.717, 1.165) is 0 Å². The summed E-state index contributed by atoms with van der Waals surface area (Å²) in [6.07, 6.45) is 0. The molecule has 0 aliphatic rings. The largest absolute Gasteiger partial charge is 0.504 e. The van der Waals surface area contributed by atoms with Gasteiger partial charge in [-0.15, -0.1) is 0 Å². The van der Waals surface area contributed by atoms with Crippen molar-refractivity contribution in [2.75, 3.05) is 79.3 Å². The van der Waals surface area contributed by atoms with Crippen LogP contribution in [0.5, 0.6) is 23.0 Å². The van der Waals surface area contributed by atoms with E-state index in [2.05, 4.69) is 0 Å². The Bertz CT molecular complexity index is 680. The molecule has 0 bridgehead atoms. The molecule has 0 amide bonds. The average Bonchev–Trinajstić information content (AvgIpc) is 2.82. The highest BCUT2D eigenvalue weighted by molar-refractivity contribution is 5.38. The predicted octanol–water partition coefficient (Wildman–Crippen LogP) is 2.64. The Morgan fingerprint density at radius 3 is 0.970 bits per heavy atom. The predicted molar refractivity (Wildman–Crippen MR) is 121 cm³/mol. The van der Waals surface area contributed by atoms with Crippen LogP contribution in [0.3, 0.4) is 0 Å². The monoisotopic (exact) mass is 466 g/mol. The molecule has 9 nitrogen and oxygen atoms in total. The fourth-order valence-electron chi connectivity index (χ4n) is 2.56. The van der Waals surface area contributed by atoms with Crippen molar-refractivity contribution in [3.8, 4) is 23.0 Å². The zero-order chi connectivity index (χ0) is 23.4. The zero-order valence-corrected chi connectivity index (χ0v) is 18.9. The number of aromatic hydroxyl groups is 2. The first-order valence-corrected chi connectivity index (χ1v) is 11.0. The molecule has 0 fully saturated rings. The van der Waals surface area contributed by atoms with Gasteiger partial charge in [-0.2, -0.15) is 0 Å². The van der Waals surface area contributed by atoms with Crippen LogP contribution in [0.25, 0.3) is 0 Å². The van der Waals surface area contributed by atoms with Gasteiger partial charge >= 0.3 is 0 Å². The van der Waals surface area contributed by atoms with Crippen molar-refractivity contribution in [1.29, 1.82) is 0 Å². The third-order valence-corrected chi connectivity index (χ3v) is 4.19. The van der Waals surface area contributed by atoms with Crippen LogP contribution in [0.15, 0.2) is 48.5 Å². The van der Waals surface area contributed by atoms with Gasteiger partial charge in [0.15, 0.2) is 23.0 Å². The van der Waals surface area contributed by atoms with E-state index in [-0.39, 0.29) is 11.5 Å². The molecule has 0 saturated carbocycles. The van der Waals surface area contributed by atoms with E-state index in [9.17, 15) is 10.2 Å². The summed E-state index contributed by atoms with van der Waals surface area (Å²) in [7, 11) is 0. The van der Waals surface area contributed by atoms with Crippen molar-refractivity contribution in [2.45, 2.75) is 0 Å². The van der Waals surface area contributed by atoms with Crippen LogP contribution in [0, 0.1) is 0 Å². The molecule has 0 atom stereocenters. The van der Waals surface area contributed by atoms with E-state index in [1.165, 1.54) is 0 Å². The van der Waals surface area contributed by atoms with Crippen LogP contribution in [0.4, 0.5) is 0 Å². The maximum Gasteiger partial charge on any atom is 0.161 e. The number of para-hydroxylation sites is 4. The minimum Gasteiger partial charge on any atom is -0.504 e. The molecular weight excluding hydrogens is 432 g/mol. The van der Waals surface area contributed by atoms with E-state index in [1.54, 1.807) is 48.5 Å². The molecule has 0 heterocycles. The van der Waals surface area contributed by atoms with E-state index >= 15 is 0 Å². The lowest BCUT2D eigenvalue weighted by Crippen LogP contribution is -2.15. The van der Waals surface area contributed by atoms with Crippen LogP contribution >= 0.6 is 0 Å². The van der Waals surface area contributed by atoms with Crippen LogP contribution in [-0.2, 0) is 23.7 Å². The van der Waals surface area contributed by atoms with E-state index < -0.39 is 0 Å². The Labute approximate surface area is 194 Å². The lowest BCUT2D eigenvalue weighted by atomic mass is 10.3. The Kier molecular flexibility index (Phi) is 14.5. The van der Waals surface area contributed by atoms with Gasteiger partial charge in [-0.05, 0) is 24.3 Å². The molecule has 0 aromatic heterocycles. The summed E-state index contributed by atoms with van der Waals surface area (Å²) >= 11 is 0. The van der Waals surface area contributed by atoms with Gasteiger partial charge in [-0.3, -0.25) is 0 Å². The minimum absolute atomic E-state index is 0.117. The van der Waals surface area contributed by atoms with E-state index in [1.807, 2.05) is 0 Å². The third-order valence-electron chi connectivity index (χ3n) is 4.19. The second-order valence-electron chi connectivity index (χ2n) is 6.69. The zero-order valence-electron chi connectivity index (χ0n) is 18.9. The van der Waals surface area contributed by atoms with Crippen LogP contribution in [-0.4, -0.2) is 89.5 Å². The first kappa shape index (κ1) is 26.7. The molecule has 0 unspecified atom stereocenters. The van der Waals surface area contributed by atoms with Crippen molar-refractivity contribution >= 4 is 0 Å².